The maximum Gasteiger partial charge on any atom is 0.338 e. The Morgan fingerprint density at radius 1 is 0.935 bits per heavy atom. The molecule has 1 aliphatic rings. The van der Waals surface area contributed by atoms with Crippen LogP contribution in [-0.4, -0.2) is 36.2 Å². The number of hydrogen-bond acceptors (Lipinski definition) is 4. The zero-order valence-electron chi connectivity index (χ0n) is 17.5. The monoisotopic (exact) mass is 415 g/mol. The van der Waals surface area contributed by atoms with Gasteiger partial charge in [0.2, 0.25) is 5.54 Å². The summed E-state index contributed by atoms with van der Waals surface area (Å²) in [7, 11) is 1.48. The van der Waals surface area contributed by atoms with Crippen molar-refractivity contribution in [2.75, 3.05) is 13.7 Å². The van der Waals surface area contributed by atoms with Gasteiger partial charge >= 0.3 is 11.9 Å². The third-order valence-electron chi connectivity index (χ3n) is 6.35. The molecular formula is C26H25NO4. The van der Waals surface area contributed by atoms with Crippen LogP contribution < -0.4 is 5.32 Å². The van der Waals surface area contributed by atoms with Gasteiger partial charge in [-0.25, -0.2) is 9.59 Å². The first-order chi connectivity index (χ1) is 15.0. The van der Waals surface area contributed by atoms with Crippen LogP contribution in [0.15, 0.2) is 78.9 Å². The number of aliphatic carboxylic acids is 1. The molecule has 0 radical (unpaired) electrons. The fraction of sp³-hybridized carbons (Fsp3) is 0.231. The maximum atomic E-state index is 13.3. The predicted molar refractivity (Wildman–Crippen MR) is 119 cm³/mol. The number of carboxylic acids is 1. The van der Waals surface area contributed by atoms with Crippen molar-refractivity contribution in [3.63, 3.8) is 0 Å². The molecule has 0 heterocycles. The number of carbonyl (C=O) groups is 2. The maximum absolute atomic E-state index is 13.3. The van der Waals surface area contributed by atoms with Crippen molar-refractivity contribution in [2.24, 2.45) is 0 Å². The van der Waals surface area contributed by atoms with Crippen LogP contribution in [0.3, 0.4) is 0 Å². The molecule has 2 N–H and O–H groups in total. The summed E-state index contributed by atoms with van der Waals surface area (Å²) in [6.45, 7) is 1.80. The lowest BCUT2D eigenvalue weighted by Gasteiger charge is -2.33. The highest BCUT2D eigenvalue weighted by Gasteiger charge is 2.52. The highest BCUT2D eigenvalue weighted by Crippen LogP contribution is 2.44. The Hall–Kier alpha value is -3.44. The zero-order valence-corrected chi connectivity index (χ0v) is 17.5. The molecule has 0 saturated heterocycles. The molecule has 0 bridgehead atoms. The van der Waals surface area contributed by atoms with Crippen LogP contribution in [0.5, 0.6) is 0 Å². The summed E-state index contributed by atoms with van der Waals surface area (Å²) in [6.07, 6.45) is 0. The Morgan fingerprint density at radius 3 is 1.97 bits per heavy atom. The van der Waals surface area contributed by atoms with E-state index in [1.54, 1.807) is 6.92 Å². The molecule has 5 heteroatoms. The molecule has 0 unspecified atom stereocenters. The van der Waals surface area contributed by atoms with Crippen molar-refractivity contribution in [1.29, 1.82) is 0 Å². The minimum absolute atomic E-state index is 0.0745. The molecule has 1 aliphatic carbocycles. The molecule has 0 amide bonds. The van der Waals surface area contributed by atoms with E-state index in [0.717, 1.165) is 27.8 Å². The van der Waals surface area contributed by atoms with Gasteiger partial charge in [0.15, 0.2) is 0 Å². The van der Waals surface area contributed by atoms with Gasteiger partial charge in [-0.1, -0.05) is 85.8 Å². The van der Waals surface area contributed by atoms with E-state index in [1.165, 1.54) is 7.05 Å². The second kappa shape index (κ2) is 8.36. The number of carboxylic acid groups (broad SMARTS) is 1. The molecule has 5 nitrogen and oxygen atoms in total. The number of fused-ring (bicyclic) bond motifs is 3. The van der Waals surface area contributed by atoms with Crippen LogP contribution >= 0.6 is 0 Å². The summed E-state index contributed by atoms with van der Waals surface area (Å²) in [6, 6.07) is 25.2. The van der Waals surface area contributed by atoms with Gasteiger partial charge in [-0.3, -0.25) is 5.32 Å². The Labute approximate surface area is 181 Å². The summed E-state index contributed by atoms with van der Waals surface area (Å²) in [5.41, 5.74) is 3.26. The van der Waals surface area contributed by atoms with Gasteiger partial charge in [0.25, 0.3) is 0 Å². The number of esters is 1. The van der Waals surface area contributed by atoms with E-state index in [1.807, 2.05) is 66.7 Å². The Bertz CT molecular complexity index is 1070. The first-order valence-corrected chi connectivity index (χ1v) is 10.3. The number of nitrogens with one attached hydrogen (secondary N) is 1. The molecule has 0 aliphatic heterocycles. The average Bonchev–Trinajstić information content (AvgIpc) is 3.12. The Balaban J connectivity index is 1.63. The van der Waals surface area contributed by atoms with Gasteiger partial charge in [0, 0.05) is 11.8 Å². The highest BCUT2D eigenvalue weighted by atomic mass is 16.5. The largest absolute Gasteiger partial charge is 0.479 e. The van der Waals surface area contributed by atoms with Crippen LogP contribution in [-0.2, 0) is 14.3 Å². The number of rotatable bonds is 7. The minimum atomic E-state index is -1.89. The van der Waals surface area contributed by atoms with E-state index in [-0.39, 0.29) is 12.5 Å². The SMILES string of the molecule is CN[C@@](C(=O)O)(C(=O)OCC1c2ccccc2-c2ccccc21)[C@@H](C)c1ccccc1. The minimum Gasteiger partial charge on any atom is -0.479 e. The first-order valence-electron chi connectivity index (χ1n) is 10.3. The molecular weight excluding hydrogens is 390 g/mol. The quantitative estimate of drug-likeness (QED) is 0.447. The van der Waals surface area contributed by atoms with Crippen LogP contribution in [0, 0.1) is 0 Å². The smallest absolute Gasteiger partial charge is 0.338 e. The van der Waals surface area contributed by atoms with E-state index >= 15 is 0 Å². The molecule has 0 aromatic heterocycles. The summed E-state index contributed by atoms with van der Waals surface area (Å²) in [4.78, 5) is 25.6. The molecule has 3 aromatic rings. The predicted octanol–water partition coefficient (Wildman–Crippen LogP) is 4.19. The van der Waals surface area contributed by atoms with Crippen LogP contribution in [0.4, 0.5) is 0 Å². The van der Waals surface area contributed by atoms with Gasteiger partial charge in [-0.05, 0) is 34.9 Å². The lowest BCUT2D eigenvalue weighted by Crippen LogP contribution is -2.61. The molecule has 4 rings (SSSR count). The molecule has 2 atom stereocenters. The number of hydrogen-bond donors (Lipinski definition) is 2. The molecule has 0 saturated carbocycles. The van der Waals surface area contributed by atoms with Crippen molar-refractivity contribution >= 4 is 11.9 Å². The van der Waals surface area contributed by atoms with Crippen LogP contribution in [0.2, 0.25) is 0 Å². The first kappa shape index (κ1) is 20.8. The normalized spacial score (nSPS) is 15.4. The van der Waals surface area contributed by atoms with Crippen LogP contribution in [0.1, 0.15) is 35.4 Å². The standard InChI is InChI=1S/C26H25NO4/c1-17(18-10-4-3-5-11-18)26(27-2,24(28)29)25(30)31-16-23-21-14-8-6-12-19(21)20-13-7-9-15-22(20)23/h3-15,17,23,27H,16H2,1-2H3,(H,28,29)/t17-,26-/m0/s1. The Morgan fingerprint density at radius 2 is 1.45 bits per heavy atom. The van der Waals surface area contributed by atoms with Gasteiger partial charge in [-0.2, -0.15) is 0 Å². The van der Waals surface area contributed by atoms with Crippen molar-refractivity contribution in [3.05, 3.63) is 95.6 Å². The van der Waals surface area contributed by atoms with Gasteiger partial charge in [0.1, 0.15) is 6.61 Å². The molecule has 3 aromatic carbocycles. The van der Waals surface area contributed by atoms with Gasteiger partial charge in [-0.15, -0.1) is 0 Å². The average molecular weight is 415 g/mol. The van der Waals surface area contributed by atoms with Crippen molar-refractivity contribution in [1.82, 2.24) is 5.32 Å². The number of ether oxygens (including phenoxy) is 1. The fourth-order valence-corrected chi connectivity index (χ4v) is 4.58. The molecule has 0 fully saturated rings. The van der Waals surface area contributed by atoms with Crippen molar-refractivity contribution in [2.45, 2.75) is 24.3 Å². The third kappa shape index (κ3) is 3.41. The number of carbonyl (C=O) groups excluding carboxylic acids is 1. The molecule has 0 spiro atoms. The van der Waals surface area contributed by atoms with E-state index < -0.39 is 23.4 Å². The lowest BCUT2D eigenvalue weighted by molar-refractivity contribution is -0.164. The molecule has 158 valence electrons. The van der Waals surface area contributed by atoms with Crippen molar-refractivity contribution < 1.29 is 19.4 Å². The Kier molecular flexibility index (Phi) is 5.61. The number of benzene rings is 3. The van der Waals surface area contributed by atoms with E-state index in [4.69, 9.17) is 4.74 Å². The summed E-state index contributed by atoms with van der Waals surface area (Å²) in [5, 5.41) is 12.8. The van der Waals surface area contributed by atoms with Gasteiger partial charge < -0.3 is 9.84 Å². The highest BCUT2D eigenvalue weighted by molar-refractivity contribution is 6.05. The third-order valence-corrected chi connectivity index (χ3v) is 6.35. The zero-order chi connectivity index (χ0) is 22.0. The van der Waals surface area contributed by atoms with E-state index in [9.17, 15) is 14.7 Å². The van der Waals surface area contributed by atoms with E-state index in [2.05, 4.69) is 17.4 Å². The van der Waals surface area contributed by atoms with Crippen LogP contribution in [0.25, 0.3) is 11.1 Å². The lowest BCUT2D eigenvalue weighted by atomic mass is 9.80. The van der Waals surface area contributed by atoms with E-state index in [0.29, 0.717) is 0 Å². The second-order valence-corrected chi connectivity index (χ2v) is 7.82. The fourth-order valence-electron chi connectivity index (χ4n) is 4.58. The summed E-state index contributed by atoms with van der Waals surface area (Å²) < 4.78 is 5.72. The van der Waals surface area contributed by atoms with Crippen molar-refractivity contribution in [3.8, 4) is 11.1 Å². The topological polar surface area (TPSA) is 75.6 Å². The number of likely N-dealkylation sites (N-methyl/N-ethyl adjacent to an activating group) is 1. The van der Waals surface area contributed by atoms with Gasteiger partial charge in [0.05, 0.1) is 0 Å². The second-order valence-electron chi connectivity index (χ2n) is 7.82. The molecule has 31 heavy (non-hydrogen) atoms. The summed E-state index contributed by atoms with van der Waals surface area (Å²) in [5.74, 6) is -2.82. The summed E-state index contributed by atoms with van der Waals surface area (Å²) >= 11 is 0.